The van der Waals surface area contributed by atoms with Gasteiger partial charge in [-0.2, -0.15) is 0 Å². The molecule has 7 heteroatoms. The van der Waals surface area contributed by atoms with Gasteiger partial charge in [-0.1, -0.05) is 23.7 Å². The average Bonchev–Trinajstić information content (AvgIpc) is 3.31. The molecule has 0 saturated carbocycles. The van der Waals surface area contributed by atoms with Gasteiger partial charge in [0.05, 0.1) is 24.4 Å². The molecule has 0 radical (unpaired) electrons. The van der Waals surface area contributed by atoms with Crippen molar-refractivity contribution >= 4 is 29.1 Å². The van der Waals surface area contributed by atoms with Gasteiger partial charge in [0.25, 0.3) is 11.7 Å². The van der Waals surface area contributed by atoms with Crippen LogP contribution in [0.3, 0.4) is 0 Å². The van der Waals surface area contributed by atoms with Crippen LogP contribution in [0.1, 0.15) is 22.9 Å². The van der Waals surface area contributed by atoms with Crippen LogP contribution < -0.4 is 0 Å². The molecule has 1 aromatic heterocycles. The summed E-state index contributed by atoms with van der Waals surface area (Å²) in [5.41, 5.74) is 0.765. The van der Waals surface area contributed by atoms with Crippen LogP contribution in [0.4, 0.5) is 4.39 Å². The van der Waals surface area contributed by atoms with E-state index in [2.05, 4.69) is 0 Å². The smallest absolute Gasteiger partial charge is 0.296 e. The Morgan fingerprint density at radius 2 is 1.76 bits per heavy atom. The molecule has 29 heavy (non-hydrogen) atoms. The summed E-state index contributed by atoms with van der Waals surface area (Å²) in [5, 5.41) is 11.3. The largest absolute Gasteiger partial charge is 0.507 e. The first kappa shape index (κ1) is 19.0. The fourth-order valence-corrected chi connectivity index (χ4v) is 3.49. The molecule has 1 amide bonds. The number of ketones is 1. The standard InChI is InChI=1S/C22H15ClFNO4/c23-15-7-3-13(4-8-15)19-18(20(26)14-5-9-16(24)10-6-14)21(27)22(28)25(19)12-17-2-1-11-29-17/h1-11,19,26H,12H2. The van der Waals surface area contributed by atoms with Crippen LogP contribution in [-0.4, -0.2) is 21.7 Å². The van der Waals surface area contributed by atoms with Gasteiger partial charge in [-0.25, -0.2) is 4.39 Å². The van der Waals surface area contributed by atoms with Gasteiger partial charge in [0.15, 0.2) is 0 Å². The van der Waals surface area contributed by atoms with Gasteiger partial charge in [-0.05, 0) is 54.1 Å². The summed E-state index contributed by atoms with van der Waals surface area (Å²) in [4.78, 5) is 27.0. The van der Waals surface area contributed by atoms with Gasteiger partial charge in [0, 0.05) is 10.6 Å². The average molecular weight is 412 g/mol. The first-order valence-electron chi connectivity index (χ1n) is 8.78. The third-order valence-corrected chi connectivity index (χ3v) is 5.00. The molecule has 1 aliphatic rings. The number of hydrogen-bond acceptors (Lipinski definition) is 4. The highest BCUT2D eigenvalue weighted by atomic mass is 35.5. The summed E-state index contributed by atoms with van der Waals surface area (Å²) in [6.07, 6.45) is 1.47. The highest BCUT2D eigenvalue weighted by Gasteiger charge is 2.46. The number of Topliss-reactive ketones (excluding diaryl/α,β-unsaturated/α-hetero) is 1. The molecule has 1 unspecified atom stereocenters. The number of halogens is 2. The lowest BCUT2D eigenvalue weighted by Crippen LogP contribution is -2.29. The first-order valence-corrected chi connectivity index (χ1v) is 9.15. The van der Waals surface area contributed by atoms with E-state index in [1.807, 2.05) is 0 Å². The topological polar surface area (TPSA) is 70.8 Å². The summed E-state index contributed by atoms with van der Waals surface area (Å²) in [7, 11) is 0. The van der Waals surface area contributed by atoms with Crippen molar-refractivity contribution in [3.05, 3.63) is 100 Å². The van der Waals surface area contributed by atoms with E-state index in [1.54, 1.807) is 36.4 Å². The Balaban J connectivity index is 1.86. The number of carbonyl (C=O) groups excluding carboxylic acids is 2. The van der Waals surface area contributed by atoms with E-state index in [0.29, 0.717) is 16.3 Å². The first-order chi connectivity index (χ1) is 14.0. The number of benzene rings is 2. The second-order valence-corrected chi connectivity index (χ2v) is 7.00. The molecular formula is C22H15ClFNO4. The van der Waals surface area contributed by atoms with Gasteiger partial charge in [-0.15, -0.1) is 0 Å². The fraction of sp³-hybridized carbons (Fsp3) is 0.0909. The molecule has 2 aromatic carbocycles. The van der Waals surface area contributed by atoms with Gasteiger partial charge in [0.1, 0.15) is 17.3 Å². The van der Waals surface area contributed by atoms with E-state index in [9.17, 15) is 19.1 Å². The maximum Gasteiger partial charge on any atom is 0.296 e. The number of likely N-dealkylation sites (tertiary alicyclic amines) is 1. The Labute approximate surface area is 170 Å². The zero-order valence-corrected chi connectivity index (χ0v) is 15.8. The van der Waals surface area contributed by atoms with Gasteiger partial charge in [0.2, 0.25) is 0 Å². The third-order valence-electron chi connectivity index (χ3n) is 4.75. The maximum atomic E-state index is 13.3. The Hall–Kier alpha value is -3.38. The number of furan rings is 1. The maximum absolute atomic E-state index is 13.3. The Morgan fingerprint density at radius 1 is 1.07 bits per heavy atom. The highest BCUT2D eigenvalue weighted by molar-refractivity contribution is 6.46. The minimum Gasteiger partial charge on any atom is -0.507 e. The lowest BCUT2D eigenvalue weighted by molar-refractivity contribution is -0.140. The molecule has 1 fully saturated rings. The number of rotatable bonds is 4. The monoisotopic (exact) mass is 411 g/mol. The van der Waals surface area contributed by atoms with Crippen molar-refractivity contribution in [2.45, 2.75) is 12.6 Å². The van der Waals surface area contributed by atoms with Crippen molar-refractivity contribution in [1.29, 1.82) is 0 Å². The van der Waals surface area contributed by atoms with Crippen LogP contribution in [-0.2, 0) is 16.1 Å². The molecule has 4 rings (SSSR count). The van der Waals surface area contributed by atoms with Crippen LogP contribution in [0.15, 0.2) is 76.9 Å². The molecule has 1 saturated heterocycles. The predicted molar refractivity (Wildman–Crippen MR) is 104 cm³/mol. The number of hydrogen-bond donors (Lipinski definition) is 1. The highest BCUT2D eigenvalue weighted by Crippen LogP contribution is 2.40. The van der Waals surface area contributed by atoms with Crippen molar-refractivity contribution < 1.29 is 23.5 Å². The third kappa shape index (κ3) is 3.54. The normalized spacial score (nSPS) is 18.4. The fourth-order valence-electron chi connectivity index (χ4n) is 3.37. The lowest BCUT2D eigenvalue weighted by atomic mass is 9.95. The van der Waals surface area contributed by atoms with Crippen LogP contribution in [0.2, 0.25) is 5.02 Å². The molecule has 1 aliphatic heterocycles. The van der Waals surface area contributed by atoms with Crippen molar-refractivity contribution in [1.82, 2.24) is 4.90 Å². The minimum absolute atomic E-state index is 0.0467. The molecule has 5 nitrogen and oxygen atoms in total. The molecule has 0 aliphatic carbocycles. The molecular weight excluding hydrogens is 397 g/mol. The number of aliphatic hydroxyl groups is 1. The van der Waals surface area contributed by atoms with Gasteiger partial charge >= 0.3 is 0 Å². The molecule has 146 valence electrons. The Morgan fingerprint density at radius 3 is 2.38 bits per heavy atom. The van der Waals surface area contributed by atoms with E-state index in [-0.39, 0.29) is 23.4 Å². The predicted octanol–water partition coefficient (Wildman–Crippen LogP) is 4.69. The van der Waals surface area contributed by atoms with Crippen LogP contribution in [0.5, 0.6) is 0 Å². The molecule has 1 N–H and O–H groups in total. The van der Waals surface area contributed by atoms with Crippen LogP contribution in [0.25, 0.3) is 5.76 Å². The second-order valence-electron chi connectivity index (χ2n) is 6.56. The second kappa shape index (κ2) is 7.56. The zero-order valence-electron chi connectivity index (χ0n) is 15.0. The van der Waals surface area contributed by atoms with Crippen molar-refractivity contribution in [2.24, 2.45) is 0 Å². The molecule has 0 spiro atoms. The molecule has 2 heterocycles. The number of carbonyl (C=O) groups is 2. The van der Waals surface area contributed by atoms with Gasteiger partial charge < -0.3 is 14.4 Å². The van der Waals surface area contributed by atoms with E-state index in [4.69, 9.17) is 16.0 Å². The summed E-state index contributed by atoms with van der Waals surface area (Å²) in [6, 6.07) is 14.2. The quantitative estimate of drug-likeness (QED) is 0.384. The SMILES string of the molecule is O=C1C(=O)N(Cc2ccco2)C(c2ccc(Cl)cc2)C1=C(O)c1ccc(F)cc1. The van der Waals surface area contributed by atoms with Crippen LogP contribution >= 0.6 is 11.6 Å². The van der Waals surface area contributed by atoms with Crippen molar-refractivity contribution in [2.75, 3.05) is 0 Å². The Kier molecular flexibility index (Phi) is 4.94. The molecule has 3 aromatic rings. The van der Waals surface area contributed by atoms with E-state index in [0.717, 1.165) is 0 Å². The lowest BCUT2D eigenvalue weighted by Gasteiger charge is -2.24. The minimum atomic E-state index is -0.845. The van der Waals surface area contributed by atoms with E-state index < -0.39 is 23.5 Å². The summed E-state index contributed by atoms with van der Waals surface area (Å²) in [6.45, 7) is 0.0467. The molecule has 0 bridgehead atoms. The zero-order chi connectivity index (χ0) is 20.5. The van der Waals surface area contributed by atoms with E-state index >= 15 is 0 Å². The van der Waals surface area contributed by atoms with Crippen molar-refractivity contribution in [3.63, 3.8) is 0 Å². The number of aliphatic hydroxyl groups excluding tert-OH is 1. The Bertz CT molecular complexity index is 1090. The summed E-state index contributed by atoms with van der Waals surface area (Å²) in [5.74, 6) is -1.93. The summed E-state index contributed by atoms with van der Waals surface area (Å²) >= 11 is 5.98. The summed E-state index contributed by atoms with van der Waals surface area (Å²) < 4.78 is 18.6. The van der Waals surface area contributed by atoms with Crippen molar-refractivity contribution in [3.8, 4) is 0 Å². The number of nitrogens with zero attached hydrogens (tertiary/aromatic N) is 1. The molecule has 1 atom stereocenters. The van der Waals surface area contributed by atoms with E-state index in [1.165, 1.54) is 35.4 Å². The van der Waals surface area contributed by atoms with Gasteiger partial charge in [-0.3, -0.25) is 9.59 Å². The number of amides is 1. The van der Waals surface area contributed by atoms with Crippen LogP contribution in [0, 0.1) is 5.82 Å².